The SMILES string of the molecule is CC(C)CC1(C(=O)NC(C)(C)C(C)Br)CCCC1. The van der Waals surface area contributed by atoms with Crippen molar-refractivity contribution in [2.75, 3.05) is 0 Å². The van der Waals surface area contributed by atoms with Crippen LogP contribution in [0.1, 0.15) is 66.7 Å². The molecule has 1 aliphatic rings. The van der Waals surface area contributed by atoms with Gasteiger partial charge in [-0.25, -0.2) is 0 Å². The van der Waals surface area contributed by atoms with E-state index in [1.165, 1.54) is 12.8 Å². The van der Waals surface area contributed by atoms with Gasteiger partial charge in [0.25, 0.3) is 0 Å². The van der Waals surface area contributed by atoms with Crippen molar-refractivity contribution in [3.63, 3.8) is 0 Å². The highest BCUT2D eigenvalue weighted by Gasteiger charge is 2.43. The molecule has 1 amide bonds. The average Bonchev–Trinajstić information content (AvgIpc) is 2.65. The number of carbonyl (C=O) groups excluding carboxylic acids is 1. The van der Waals surface area contributed by atoms with E-state index in [9.17, 15) is 4.79 Å². The molecule has 0 spiro atoms. The van der Waals surface area contributed by atoms with E-state index >= 15 is 0 Å². The van der Waals surface area contributed by atoms with Gasteiger partial charge in [0, 0.05) is 15.8 Å². The summed E-state index contributed by atoms with van der Waals surface area (Å²) >= 11 is 3.59. The molecule has 106 valence electrons. The van der Waals surface area contributed by atoms with E-state index in [1.54, 1.807) is 0 Å². The maximum Gasteiger partial charge on any atom is 0.226 e. The van der Waals surface area contributed by atoms with Crippen LogP contribution >= 0.6 is 15.9 Å². The van der Waals surface area contributed by atoms with Crippen LogP contribution < -0.4 is 5.32 Å². The molecule has 0 heterocycles. The van der Waals surface area contributed by atoms with Gasteiger partial charge in [0.15, 0.2) is 0 Å². The average molecular weight is 318 g/mol. The van der Waals surface area contributed by atoms with Crippen LogP contribution in [-0.2, 0) is 4.79 Å². The minimum Gasteiger partial charge on any atom is -0.350 e. The van der Waals surface area contributed by atoms with Crippen molar-refractivity contribution >= 4 is 21.8 Å². The highest BCUT2D eigenvalue weighted by Crippen LogP contribution is 2.43. The van der Waals surface area contributed by atoms with E-state index in [-0.39, 0.29) is 21.7 Å². The van der Waals surface area contributed by atoms with Gasteiger partial charge in [0.1, 0.15) is 0 Å². The molecule has 2 nitrogen and oxygen atoms in total. The molecule has 0 aliphatic heterocycles. The third-order valence-corrected chi connectivity index (χ3v) is 5.42. The molecule has 0 aromatic rings. The Bertz CT molecular complexity index is 291. The van der Waals surface area contributed by atoms with Crippen molar-refractivity contribution in [3.8, 4) is 0 Å². The molecule has 1 fully saturated rings. The molecule has 1 unspecified atom stereocenters. The number of hydrogen-bond donors (Lipinski definition) is 1. The first-order valence-electron chi connectivity index (χ1n) is 7.16. The second kappa shape index (κ2) is 5.94. The van der Waals surface area contributed by atoms with Crippen molar-refractivity contribution < 1.29 is 4.79 Å². The Morgan fingerprint density at radius 3 is 2.17 bits per heavy atom. The number of alkyl halides is 1. The lowest BCUT2D eigenvalue weighted by atomic mass is 9.77. The van der Waals surface area contributed by atoms with Crippen molar-refractivity contribution in [3.05, 3.63) is 0 Å². The summed E-state index contributed by atoms with van der Waals surface area (Å²) in [6.45, 7) is 10.7. The topological polar surface area (TPSA) is 29.1 Å². The monoisotopic (exact) mass is 317 g/mol. The van der Waals surface area contributed by atoms with E-state index < -0.39 is 0 Å². The van der Waals surface area contributed by atoms with Gasteiger partial charge in [-0.3, -0.25) is 4.79 Å². The summed E-state index contributed by atoms with van der Waals surface area (Å²) in [7, 11) is 0. The lowest BCUT2D eigenvalue weighted by Gasteiger charge is -2.36. The van der Waals surface area contributed by atoms with Crippen LogP contribution in [0.25, 0.3) is 0 Å². The Morgan fingerprint density at radius 1 is 1.28 bits per heavy atom. The smallest absolute Gasteiger partial charge is 0.226 e. The van der Waals surface area contributed by atoms with Gasteiger partial charge < -0.3 is 5.32 Å². The highest BCUT2D eigenvalue weighted by atomic mass is 79.9. The fraction of sp³-hybridized carbons (Fsp3) is 0.933. The molecule has 0 bridgehead atoms. The van der Waals surface area contributed by atoms with E-state index in [0.29, 0.717) is 5.92 Å². The van der Waals surface area contributed by atoms with E-state index in [1.807, 2.05) is 0 Å². The van der Waals surface area contributed by atoms with E-state index in [4.69, 9.17) is 0 Å². The van der Waals surface area contributed by atoms with Crippen LogP contribution in [-0.4, -0.2) is 16.3 Å². The largest absolute Gasteiger partial charge is 0.350 e. The first-order valence-corrected chi connectivity index (χ1v) is 8.08. The normalized spacial score (nSPS) is 21.1. The zero-order chi connectivity index (χ0) is 14.0. The molecule has 1 atom stereocenters. The van der Waals surface area contributed by atoms with Crippen molar-refractivity contribution in [2.24, 2.45) is 11.3 Å². The summed E-state index contributed by atoms with van der Waals surface area (Å²) in [6, 6.07) is 0. The minimum atomic E-state index is -0.191. The summed E-state index contributed by atoms with van der Waals surface area (Å²) in [5, 5.41) is 3.26. The number of rotatable bonds is 5. The van der Waals surface area contributed by atoms with Crippen LogP contribution in [0, 0.1) is 11.3 Å². The molecule has 1 N–H and O–H groups in total. The number of amides is 1. The zero-order valence-electron chi connectivity index (χ0n) is 12.5. The zero-order valence-corrected chi connectivity index (χ0v) is 14.1. The molecule has 0 aromatic carbocycles. The van der Waals surface area contributed by atoms with Crippen LogP contribution in [0.15, 0.2) is 0 Å². The molecule has 1 aliphatic carbocycles. The molecule has 1 rings (SSSR count). The Labute approximate surface area is 120 Å². The molecule has 3 heteroatoms. The minimum absolute atomic E-state index is 0.104. The number of halogens is 1. The standard InChI is InChI=1S/C15H28BrNO/c1-11(2)10-15(8-6-7-9-15)13(18)17-14(4,5)12(3)16/h11-12H,6-10H2,1-5H3,(H,17,18). The van der Waals surface area contributed by atoms with E-state index in [2.05, 4.69) is 55.9 Å². The fourth-order valence-corrected chi connectivity index (χ4v) is 3.00. The van der Waals surface area contributed by atoms with Gasteiger partial charge in [0.05, 0.1) is 0 Å². The lowest BCUT2D eigenvalue weighted by Crippen LogP contribution is -2.53. The number of hydrogen-bond acceptors (Lipinski definition) is 1. The van der Waals surface area contributed by atoms with Crippen molar-refractivity contribution in [2.45, 2.75) is 77.1 Å². The van der Waals surface area contributed by atoms with E-state index in [0.717, 1.165) is 19.3 Å². The first kappa shape index (κ1) is 16.0. The molecule has 0 saturated heterocycles. The number of nitrogens with one attached hydrogen (secondary N) is 1. The van der Waals surface area contributed by atoms with Crippen molar-refractivity contribution in [1.29, 1.82) is 0 Å². The summed E-state index contributed by atoms with van der Waals surface area (Å²) < 4.78 is 0. The van der Waals surface area contributed by atoms with Crippen LogP contribution in [0.3, 0.4) is 0 Å². The highest BCUT2D eigenvalue weighted by molar-refractivity contribution is 9.09. The third kappa shape index (κ3) is 3.72. The molecular weight excluding hydrogens is 290 g/mol. The van der Waals surface area contributed by atoms with Crippen molar-refractivity contribution in [1.82, 2.24) is 5.32 Å². The van der Waals surface area contributed by atoms with Gasteiger partial charge in [-0.15, -0.1) is 0 Å². The summed E-state index contributed by atoms with van der Waals surface area (Å²) in [6.07, 6.45) is 5.54. The Morgan fingerprint density at radius 2 is 1.78 bits per heavy atom. The Balaban J connectivity index is 2.78. The van der Waals surface area contributed by atoms with Gasteiger partial charge in [-0.2, -0.15) is 0 Å². The number of carbonyl (C=O) groups is 1. The second-order valence-corrected chi connectivity index (χ2v) is 8.25. The predicted molar refractivity (Wildman–Crippen MR) is 81.0 cm³/mol. The summed E-state index contributed by atoms with van der Waals surface area (Å²) in [5.74, 6) is 0.850. The second-order valence-electron chi connectivity index (χ2n) is 6.88. The van der Waals surface area contributed by atoms with Crippen LogP contribution in [0.4, 0.5) is 0 Å². The fourth-order valence-electron chi connectivity index (χ4n) is 2.88. The maximum atomic E-state index is 12.7. The summed E-state index contributed by atoms with van der Waals surface area (Å²) in [4.78, 5) is 13.0. The van der Waals surface area contributed by atoms with Crippen LogP contribution in [0.5, 0.6) is 0 Å². The summed E-state index contributed by atoms with van der Waals surface area (Å²) in [5.41, 5.74) is -0.295. The quantitative estimate of drug-likeness (QED) is 0.754. The first-order chi connectivity index (χ1) is 8.19. The molecule has 0 radical (unpaired) electrons. The molecular formula is C15H28BrNO. The predicted octanol–water partition coefficient (Wildman–Crippen LogP) is 4.27. The third-order valence-electron chi connectivity index (χ3n) is 4.27. The molecule has 0 aromatic heterocycles. The van der Waals surface area contributed by atoms with Gasteiger partial charge >= 0.3 is 0 Å². The van der Waals surface area contributed by atoms with Gasteiger partial charge in [0.2, 0.25) is 5.91 Å². The maximum absolute atomic E-state index is 12.7. The molecule has 18 heavy (non-hydrogen) atoms. The Kier molecular flexibility index (Phi) is 5.28. The van der Waals surface area contributed by atoms with Gasteiger partial charge in [-0.05, 0) is 39.0 Å². The molecule has 1 saturated carbocycles. The Hall–Kier alpha value is -0.0500. The van der Waals surface area contributed by atoms with Gasteiger partial charge in [-0.1, -0.05) is 49.5 Å². The lowest BCUT2D eigenvalue weighted by molar-refractivity contribution is -0.133. The van der Waals surface area contributed by atoms with Crippen LogP contribution in [0.2, 0.25) is 0 Å².